The second-order valence-corrected chi connectivity index (χ2v) is 3.91. The van der Waals surface area contributed by atoms with E-state index in [1.165, 1.54) is 18.0 Å². The molecule has 0 bridgehead atoms. The second kappa shape index (κ2) is 5.01. The highest BCUT2D eigenvalue weighted by Gasteiger charge is 2.18. The van der Waals surface area contributed by atoms with Crippen molar-refractivity contribution in [3.05, 3.63) is 30.0 Å². The molecule has 19 heavy (non-hydrogen) atoms. The average Bonchev–Trinajstić information content (AvgIpc) is 2.80. The van der Waals surface area contributed by atoms with Gasteiger partial charge in [-0.1, -0.05) is 0 Å². The van der Waals surface area contributed by atoms with Crippen LogP contribution in [0.3, 0.4) is 0 Å². The SMILES string of the molecule is COc1ccc(-c2c(C(=O)O)cnn2C)cc1OC. The first kappa shape index (κ1) is 12.9. The summed E-state index contributed by atoms with van der Waals surface area (Å²) in [7, 11) is 4.77. The Hall–Kier alpha value is -2.50. The normalized spacial score (nSPS) is 10.3. The van der Waals surface area contributed by atoms with E-state index in [4.69, 9.17) is 14.6 Å². The smallest absolute Gasteiger partial charge is 0.339 e. The number of methoxy groups -OCH3 is 2. The molecule has 2 rings (SSSR count). The number of benzene rings is 1. The van der Waals surface area contributed by atoms with Gasteiger partial charge in [0.15, 0.2) is 11.5 Å². The summed E-state index contributed by atoms with van der Waals surface area (Å²) in [6, 6.07) is 5.22. The van der Waals surface area contributed by atoms with E-state index in [2.05, 4.69) is 5.10 Å². The van der Waals surface area contributed by atoms with E-state index in [9.17, 15) is 4.79 Å². The lowest BCUT2D eigenvalue weighted by Gasteiger charge is -2.10. The van der Waals surface area contributed by atoms with Crippen LogP contribution in [0.2, 0.25) is 0 Å². The van der Waals surface area contributed by atoms with Crippen molar-refractivity contribution < 1.29 is 19.4 Å². The Morgan fingerprint density at radius 2 is 1.95 bits per heavy atom. The van der Waals surface area contributed by atoms with E-state index in [1.807, 2.05) is 0 Å². The van der Waals surface area contributed by atoms with Crippen LogP contribution in [0.1, 0.15) is 10.4 Å². The highest BCUT2D eigenvalue weighted by molar-refractivity contribution is 5.94. The first-order valence-electron chi connectivity index (χ1n) is 5.56. The van der Waals surface area contributed by atoms with Crippen LogP contribution in [0, 0.1) is 0 Å². The predicted molar refractivity (Wildman–Crippen MR) is 68.7 cm³/mol. The predicted octanol–water partition coefficient (Wildman–Crippen LogP) is 1.80. The number of carboxylic acids is 1. The third-order valence-corrected chi connectivity index (χ3v) is 2.83. The van der Waals surface area contributed by atoms with Crippen LogP contribution >= 0.6 is 0 Å². The number of rotatable bonds is 4. The molecule has 100 valence electrons. The topological polar surface area (TPSA) is 73.6 Å². The van der Waals surface area contributed by atoms with Crippen LogP contribution < -0.4 is 9.47 Å². The summed E-state index contributed by atoms with van der Waals surface area (Å²) in [5.41, 5.74) is 1.37. The molecule has 1 aromatic carbocycles. The van der Waals surface area contributed by atoms with Crippen molar-refractivity contribution in [2.45, 2.75) is 0 Å². The zero-order valence-electron chi connectivity index (χ0n) is 10.9. The quantitative estimate of drug-likeness (QED) is 0.909. The Kier molecular flexibility index (Phi) is 3.41. The fourth-order valence-electron chi connectivity index (χ4n) is 1.92. The Labute approximate surface area is 110 Å². The summed E-state index contributed by atoms with van der Waals surface area (Å²) in [5.74, 6) is 0.112. The number of aryl methyl sites for hydroxylation is 1. The number of ether oxygens (including phenoxy) is 2. The zero-order chi connectivity index (χ0) is 14.0. The molecule has 0 aliphatic heterocycles. The Bertz CT molecular complexity index is 619. The maximum atomic E-state index is 11.2. The molecule has 0 unspecified atom stereocenters. The van der Waals surface area contributed by atoms with Crippen molar-refractivity contribution >= 4 is 5.97 Å². The molecule has 1 heterocycles. The van der Waals surface area contributed by atoms with Gasteiger partial charge in [-0.3, -0.25) is 4.68 Å². The molecule has 0 amide bonds. The first-order chi connectivity index (χ1) is 9.08. The molecular formula is C13H14N2O4. The van der Waals surface area contributed by atoms with Crippen molar-refractivity contribution in [2.75, 3.05) is 14.2 Å². The van der Waals surface area contributed by atoms with Gasteiger partial charge in [0.2, 0.25) is 0 Å². The minimum Gasteiger partial charge on any atom is -0.493 e. The first-order valence-corrected chi connectivity index (χ1v) is 5.56. The molecule has 2 aromatic rings. The van der Waals surface area contributed by atoms with Gasteiger partial charge in [-0.2, -0.15) is 5.10 Å². The van der Waals surface area contributed by atoms with Gasteiger partial charge in [0.25, 0.3) is 0 Å². The van der Waals surface area contributed by atoms with Gasteiger partial charge in [0.05, 0.1) is 26.1 Å². The van der Waals surface area contributed by atoms with Gasteiger partial charge in [0, 0.05) is 12.6 Å². The van der Waals surface area contributed by atoms with Crippen LogP contribution in [-0.2, 0) is 7.05 Å². The monoisotopic (exact) mass is 262 g/mol. The van der Waals surface area contributed by atoms with Gasteiger partial charge in [-0.05, 0) is 18.2 Å². The molecule has 0 spiro atoms. The van der Waals surface area contributed by atoms with Crippen molar-refractivity contribution in [2.24, 2.45) is 7.05 Å². The van der Waals surface area contributed by atoms with Crippen LogP contribution in [-0.4, -0.2) is 35.1 Å². The van der Waals surface area contributed by atoms with Crippen LogP contribution in [0.5, 0.6) is 11.5 Å². The summed E-state index contributed by atoms with van der Waals surface area (Å²) < 4.78 is 11.9. The Balaban J connectivity index is 2.59. The van der Waals surface area contributed by atoms with Crippen LogP contribution in [0.15, 0.2) is 24.4 Å². The lowest BCUT2D eigenvalue weighted by molar-refractivity contribution is 0.0697. The van der Waals surface area contributed by atoms with Crippen molar-refractivity contribution in [1.29, 1.82) is 0 Å². The van der Waals surface area contributed by atoms with E-state index >= 15 is 0 Å². The maximum absolute atomic E-state index is 11.2. The highest BCUT2D eigenvalue weighted by Crippen LogP contribution is 2.33. The Morgan fingerprint density at radius 3 is 2.53 bits per heavy atom. The molecule has 0 aliphatic rings. The number of carbonyl (C=O) groups is 1. The van der Waals surface area contributed by atoms with Crippen LogP contribution in [0.25, 0.3) is 11.3 Å². The van der Waals surface area contributed by atoms with Crippen molar-refractivity contribution in [1.82, 2.24) is 9.78 Å². The molecule has 0 atom stereocenters. The van der Waals surface area contributed by atoms with Gasteiger partial charge in [-0.15, -0.1) is 0 Å². The third kappa shape index (κ3) is 2.24. The van der Waals surface area contributed by atoms with Crippen molar-refractivity contribution in [3.63, 3.8) is 0 Å². The molecule has 0 saturated heterocycles. The van der Waals surface area contributed by atoms with Crippen molar-refractivity contribution in [3.8, 4) is 22.8 Å². The fourth-order valence-corrected chi connectivity index (χ4v) is 1.92. The minimum absolute atomic E-state index is 0.148. The van der Waals surface area contributed by atoms with E-state index in [1.54, 1.807) is 32.4 Å². The van der Waals surface area contributed by atoms with E-state index in [0.29, 0.717) is 22.8 Å². The average molecular weight is 262 g/mol. The van der Waals surface area contributed by atoms with E-state index in [-0.39, 0.29) is 5.56 Å². The molecule has 0 aliphatic carbocycles. The van der Waals surface area contributed by atoms with Gasteiger partial charge in [0.1, 0.15) is 5.56 Å². The highest BCUT2D eigenvalue weighted by atomic mass is 16.5. The largest absolute Gasteiger partial charge is 0.493 e. The van der Waals surface area contributed by atoms with Crippen LogP contribution in [0.4, 0.5) is 0 Å². The number of nitrogens with zero attached hydrogens (tertiary/aromatic N) is 2. The number of aromatic carboxylic acids is 1. The maximum Gasteiger partial charge on any atom is 0.339 e. The van der Waals surface area contributed by atoms with Gasteiger partial charge < -0.3 is 14.6 Å². The third-order valence-electron chi connectivity index (χ3n) is 2.83. The summed E-state index contributed by atoms with van der Waals surface area (Å²) >= 11 is 0. The second-order valence-electron chi connectivity index (χ2n) is 3.91. The number of hydrogen-bond donors (Lipinski definition) is 1. The summed E-state index contributed by atoms with van der Waals surface area (Å²) in [5, 5.41) is 13.1. The number of aromatic nitrogens is 2. The minimum atomic E-state index is -1.02. The van der Waals surface area contributed by atoms with E-state index in [0.717, 1.165) is 0 Å². The Morgan fingerprint density at radius 1 is 1.26 bits per heavy atom. The molecule has 0 saturated carbocycles. The fraction of sp³-hybridized carbons (Fsp3) is 0.231. The zero-order valence-corrected chi connectivity index (χ0v) is 10.9. The lowest BCUT2D eigenvalue weighted by atomic mass is 10.1. The molecule has 6 heteroatoms. The standard InChI is InChI=1S/C13H14N2O4/c1-15-12(9(7-14-15)13(16)17)8-4-5-10(18-2)11(6-8)19-3/h4-7H,1-3H3,(H,16,17). The van der Waals surface area contributed by atoms with E-state index < -0.39 is 5.97 Å². The molecule has 6 nitrogen and oxygen atoms in total. The molecule has 0 fully saturated rings. The molecule has 1 aromatic heterocycles. The molecular weight excluding hydrogens is 248 g/mol. The van der Waals surface area contributed by atoms with Gasteiger partial charge in [-0.25, -0.2) is 4.79 Å². The summed E-state index contributed by atoms with van der Waals surface area (Å²) in [4.78, 5) is 11.2. The summed E-state index contributed by atoms with van der Waals surface area (Å²) in [6.07, 6.45) is 1.33. The molecule has 0 radical (unpaired) electrons. The van der Waals surface area contributed by atoms with Gasteiger partial charge >= 0.3 is 5.97 Å². The lowest BCUT2D eigenvalue weighted by Crippen LogP contribution is -2.01. The number of hydrogen-bond acceptors (Lipinski definition) is 4. The number of carboxylic acid groups (broad SMARTS) is 1. The summed E-state index contributed by atoms with van der Waals surface area (Å²) in [6.45, 7) is 0. The molecule has 1 N–H and O–H groups in total.